The topological polar surface area (TPSA) is 67.1 Å². The molecule has 3 aromatic rings. The fraction of sp³-hybridized carbons (Fsp3) is 0.273. The third kappa shape index (κ3) is 3.33. The Balaban J connectivity index is 1.83. The summed E-state index contributed by atoms with van der Waals surface area (Å²) in [6.45, 7) is 5.15. The van der Waals surface area contributed by atoms with Gasteiger partial charge in [0.1, 0.15) is 5.69 Å². The van der Waals surface area contributed by atoms with Crippen LogP contribution < -0.4 is 16.0 Å². The summed E-state index contributed by atoms with van der Waals surface area (Å²) in [5.41, 5.74) is 12.3. The zero-order valence-electron chi connectivity index (χ0n) is 16.0. The molecule has 0 unspecified atom stereocenters. The first-order chi connectivity index (χ1) is 13.0. The summed E-state index contributed by atoms with van der Waals surface area (Å²) in [6, 6.07) is 16.4. The average molecular weight is 359 g/mol. The summed E-state index contributed by atoms with van der Waals surface area (Å²) in [7, 11) is 2.07. The Morgan fingerprint density at radius 1 is 1.07 bits per heavy atom. The molecule has 0 aliphatic carbocycles. The summed E-state index contributed by atoms with van der Waals surface area (Å²) in [5.74, 6) is 2.10. The van der Waals surface area contributed by atoms with Crippen LogP contribution in [-0.2, 0) is 6.42 Å². The van der Waals surface area contributed by atoms with Crippen LogP contribution in [0.2, 0.25) is 0 Å². The van der Waals surface area contributed by atoms with Crippen LogP contribution in [0.1, 0.15) is 36.6 Å². The van der Waals surface area contributed by atoms with Gasteiger partial charge in [-0.3, -0.25) is 0 Å². The molecule has 1 aliphatic heterocycles. The lowest BCUT2D eigenvalue weighted by Gasteiger charge is -2.17. The maximum atomic E-state index is 5.83. The molecule has 0 radical (unpaired) electrons. The van der Waals surface area contributed by atoms with Gasteiger partial charge in [-0.1, -0.05) is 50.2 Å². The van der Waals surface area contributed by atoms with Gasteiger partial charge in [0.2, 0.25) is 0 Å². The predicted octanol–water partition coefficient (Wildman–Crippen LogP) is 4.26. The van der Waals surface area contributed by atoms with Crippen molar-refractivity contribution in [1.29, 1.82) is 0 Å². The fourth-order valence-corrected chi connectivity index (χ4v) is 3.57. The maximum absolute atomic E-state index is 5.83. The average Bonchev–Trinajstić information content (AvgIpc) is 3.05. The number of nitrogens with zero attached hydrogens (tertiary/aromatic N) is 3. The van der Waals surface area contributed by atoms with E-state index in [0.717, 1.165) is 47.4 Å². The molecule has 0 amide bonds. The molecular formula is C22H25N5. The molecule has 4 rings (SSSR count). The quantitative estimate of drug-likeness (QED) is 0.681. The number of nitrogen functional groups attached to an aromatic ring is 1. The fourth-order valence-electron chi connectivity index (χ4n) is 3.57. The van der Waals surface area contributed by atoms with E-state index in [4.69, 9.17) is 15.7 Å². The van der Waals surface area contributed by atoms with Crippen molar-refractivity contribution in [3.05, 3.63) is 65.4 Å². The highest BCUT2D eigenvalue weighted by Crippen LogP contribution is 2.36. The molecule has 5 nitrogen and oxygen atoms in total. The Bertz CT molecular complexity index is 963. The van der Waals surface area contributed by atoms with Crippen molar-refractivity contribution in [1.82, 2.24) is 9.97 Å². The number of nitrogens with one attached hydrogen (secondary N) is 1. The van der Waals surface area contributed by atoms with Gasteiger partial charge in [-0.05, 0) is 29.2 Å². The zero-order chi connectivity index (χ0) is 19.0. The first-order valence-corrected chi connectivity index (χ1v) is 9.32. The summed E-state index contributed by atoms with van der Waals surface area (Å²) in [4.78, 5) is 12.0. The highest BCUT2D eigenvalue weighted by atomic mass is 15.3. The molecule has 0 bridgehead atoms. The van der Waals surface area contributed by atoms with Crippen LogP contribution in [0.3, 0.4) is 0 Å². The molecule has 27 heavy (non-hydrogen) atoms. The van der Waals surface area contributed by atoms with Crippen molar-refractivity contribution in [3.63, 3.8) is 0 Å². The smallest absolute Gasteiger partial charge is 0.162 e. The normalized spacial score (nSPS) is 13.0. The van der Waals surface area contributed by atoms with E-state index in [2.05, 4.69) is 67.5 Å². The highest BCUT2D eigenvalue weighted by molar-refractivity contribution is 5.76. The van der Waals surface area contributed by atoms with Gasteiger partial charge in [0, 0.05) is 24.7 Å². The second kappa shape index (κ2) is 6.91. The lowest BCUT2D eigenvalue weighted by molar-refractivity contribution is 0.865. The van der Waals surface area contributed by atoms with Crippen molar-refractivity contribution in [2.45, 2.75) is 26.2 Å². The van der Waals surface area contributed by atoms with Crippen LogP contribution in [0.25, 0.3) is 11.4 Å². The van der Waals surface area contributed by atoms with Crippen molar-refractivity contribution in [2.24, 2.45) is 0 Å². The van der Waals surface area contributed by atoms with Crippen LogP contribution >= 0.6 is 0 Å². The predicted molar refractivity (Wildman–Crippen MR) is 112 cm³/mol. The summed E-state index contributed by atoms with van der Waals surface area (Å²) >= 11 is 0. The summed E-state index contributed by atoms with van der Waals surface area (Å²) in [6.07, 6.45) is 0.744. The maximum Gasteiger partial charge on any atom is 0.162 e. The van der Waals surface area contributed by atoms with Gasteiger partial charge in [0.15, 0.2) is 11.6 Å². The molecule has 0 spiro atoms. The van der Waals surface area contributed by atoms with Crippen LogP contribution in [-0.4, -0.2) is 23.7 Å². The number of aromatic nitrogens is 2. The van der Waals surface area contributed by atoms with E-state index in [1.165, 1.54) is 11.1 Å². The standard InChI is InChI=1S/C22H25N5/c1-14(2)17-6-4-5-7-18(17)21-25-19(12-15-8-10-16(23)11-9-15)20-22(26-21)24-13-27(20)3/h4-11,14H,12-13,23H2,1-3H3,(H,24,25,26). The number of benzene rings is 2. The van der Waals surface area contributed by atoms with E-state index in [9.17, 15) is 0 Å². The molecular weight excluding hydrogens is 334 g/mol. The Morgan fingerprint density at radius 3 is 2.56 bits per heavy atom. The number of anilines is 3. The minimum atomic E-state index is 0.411. The molecule has 2 heterocycles. The van der Waals surface area contributed by atoms with E-state index in [1.54, 1.807) is 0 Å². The van der Waals surface area contributed by atoms with Crippen LogP contribution in [0.5, 0.6) is 0 Å². The van der Waals surface area contributed by atoms with Gasteiger partial charge in [-0.25, -0.2) is 9.97 Å². The molecule has 0 saturated carbocycles. The van der Waals surface area contributed by atoms with E-state index < -0.39 is 0 Å². The minimum Gasteiger partial charge on any atom is -0.399 e. The molecule has 0 atom stereocenters. The molecule has 0 saturated heterocycles. The number of hydrogen-bond donors (Lipinski definition) is 2. The van der Waals surface area contributed by atoms with Gasteiger partial charge < -0.3 is 16.0 Å². The first kappa shape index (κ1) is 17.3. The van der Waals surface area contributed by atoms with Crippen LogP contribution in [0.4, 0.5) is 17.2 Å². The molecule has 5 heteroatoms. The Morgan fingerprint density at radius 2 is 1.81 bits per heavy atom. The lowest BCUT2D eigenvalue weighted by Crippen LogP contribution is -2.17. The third-order valence-corrected chi connectivity index (χ3v) is 5.00. The Labute approximate surface area is 160 Å². The number of rotatable bonds is 4. The van der Waals surface area contributed by atoms with Gasteiger partial charge in [-0.15, -0.1) is 0 Å². The van der Waals surface area contributed by atoms with Gasteiger partial charge in [0.05, 0.1) is 12.4 Å². The minimum absolute atomic E-state index is 0.411. The van der Waals surface area contributed by atoms with Gasteiger partial charge in [-0.2, -0.15) is 0 Å². The molecule has 1 aromatic heterocycles. The van der Waals surface area contributed by atoms with Crippen molar-refractivity contribution < 1.29 is 0 Å². The zero-order valence-corrected chi connectivity index (χ0v) is 16.0. The van der Waals surface area contributed by atoms with E-state index in [0.29, 0.717) is 5.92 Å². The number of nitrogens with two attached hydrogens (primary N) is 1. The first-order valence-electron chi connectivity index (χ1n) is 9.32. The second-order valence-corrected chi connectivity index (χ2v) is 7.38. The SMILES string of the molecule is CC(C)c1ccccc1-c1nc(Cc2ccc(N)cc2)c2c(n1)NCN2C. The van der Waals surface area contributed by atoms with Gasteiger partial charge in [0.25, 0.3) is 0 Å². The van der Waals surface area contributed by atoms with E-state index in [-0.39, 0.29) is 0 Å². The Hall–Kier alpha value is -3.08. The highest BCUT2D eigenvalue weighted by Gasteiger charge is 2.24. The summed E-state index contributed by atoms with van der Waals surface area (Å²) in [5, 5.41) is 3.40. The summed E-state index contributed by atoms with van der Waals surface area (Å²) < 4.78 is 0. The van der Waals surface area contributed by atoms with Gasteiger partial charge >= 0.3 is 0 Å². The molecule has 1 aliphatic rings. The van der Waals surface area contributed by atoms with Crippen molar-refractivity contribution >= 4 is 17.2 Å². The van der Waals surface area contributed by atoms with Crippen LogP contribution in [0, 0.1) is 0 Å². The van der Waals surface area contributed by atoms with Crippen LogP contribution in [0.15, 0.2) is 48.5 Å². The molecule has 138 valence electrons. The van der Waals surface area contributed by atoms with Crippen molar-refractivity contribution in [3.8, 4) is 11.4 Å². The second-order valence-electron chi connectivity index (χ2n) is 7.38. The molecule has 3 N–H and O–H groups in total. The van der Waals surface area contributed by atoms with E-state index in [1.807, 2.05) is 12.1 Å². The molecule has 2 aromatic carbocycles. The third-order valence-electron chi connectivity index (χ3n) is 5.00. The molecule has 0 fully saturated rings. The number of fused-ring (bicyclic) bond motifs is 1. The largest absolute Gasteiger partial charge is 0.399 e. The Kier molecular flexibility index (Phi) is 4.44. The van der Waals surface area contributed by atoms with Crippen molar-refractivity contribution in [2.75, 3.05) is 29.7 Å². The number of hydrogen-bond acceptors (Lipinski definition) is 5. The van der Waals surface area contributed by atoms with E-state index >= 15 is 0 Å². The monoisotopic (exact) mass is 359 g/mol. The lowest BCUT2D eigenvalue weighted by atomic mass is 9.96.